The second kappa shape index (κ2) is 6.19. The van der Waals surface area contributed by atoms with Crippen LogP contribution in [-0.4, -0.2) is 18.1 Å². The maximum absolute atomic E-state index is 11.6. The van der Waals surface area contributed by atoms with Gasteiger partial charge in [0.25, 0.3) is 0 Å². The van der Waals surface area contributed by atoms with Crippen molar-refractivity contribution in [2.24, 2.45) is 0 Å². The zero-order valence-corrected chi connectivity index (χ0v) is 13.1. The van der Waals surface area contributed by atoms with E-state index in [0.717, 1.165) is 0 Å². The third-order valence-corrected chi connectivity index (χ3v) is 3.82. The molecule has 0 aliphatic heterocycles. The van der Waals surface area contributed by atoms with Gasteiger partial charge in [-0.1, -0.05) is 46.4 Å². The number of nitrogens with zero attached hydrogens (tertiary/aromatic N) is 1. The Morgan fingerprint density at radius 3 is 2.45 bits per heavy atom. The first kappa shape index (κ1) is 15.4. The minimum Gasteiger partial charge on any atom is -0.464 e. The van der Waals surface area contributed by atoms with Gasteiger partial charge < -0.3 is 4.74 Å². The monoisotopic (exact) mass is 349 g/mol. The van der Waals surface area contributed by atoms with Crippen molar-refractivity contribution < 1.29 is 9.53 Å². The molecule has 0 bridgehead atoms. The van der Waals surface area contributed by atoms with E-state index >= 15 is 0 Å². The van der Waals surface area contributed by atoms with E-state index in [-0.39, 0.29) is 10.7 Å². The lowest BCUT2D eigenvalue weighted by atomic mass is 10.1. The van der Waals surface area contributed by atoms with Crippen molar-refractivity contribution in [3.63, 3.8) is 0 Å². The minimum atomic E-state index is -0.638. The zero-order chi connectivity index (χ0) is 14.9. The molecular formula is C13H7Cl4NO2. The average molecular weight is 351 g/mol. The van der Waals surface area contributed by atoms with Crippen LogP contribution < -0.4 is 0 Å². The summed E-state index contributed by atoms with van der Waals surface area (Å²) < 4.78 is 4.61. The number of esters is 1. The standard InChI is InChI=1S/C13H7Cl4NO2/c1-20-13(19)12-8(15)2-3-10(18-12)7-4-6(14)5-9(16)11(7)17/h2-5H,1H3. The summed E-state index contributed by atoms with van der Waals surface area (Å²) in [5, 5.41) is 1.18. The van der Waals surface area contributed by atoms with Gasteiger partial charge in [0.05, 0.1) is 27.9 Å². The zero-order valence-electron chi connectivity index (χ0n) is 10.1. The first-order chi connectivity index (χ1) is 9.43. The molecule has 1 heterocycles. The molecule has 20 heavy (non-hydrogen) atoms. The van der Waals surface area contributed by atoms with E-state index in [0.29, 0.717) is 26.3 Å². The van der Waals surface area contributed by atoms with Crippen molar-refractivity contribution in [2.75, 3.05) is 7.11 Å². The summed E-state index contributed by atoms with van der Waals surface area (Å²) in [5.74, 6) is -0.638. The Labute approximate surface area is 135 Å². The Morgan fingerprint density at radius 1 is 1.10 bits per heavy atom. The molecule has 104 valence electrons. The molecular weight excluding hydrogens is 344 g/mol. The van der Waals surface area contributed by atoms with Crippen LogP contribution in [0, 0.1) is 0 Å². The summed E-state index contributed by atoms with van der Waals surface area (Å²) in [4.78, 5) is 15.7. The average Bonchev–Trinajstić information content (AvgIpc) is 2.42. The maximum atomic E-state index is 11.6. The third-order valence-electron chi connectivity index (χ3n) is 2.49. The molecule has 0 atom stereocenters. The largest absolute Gasteiger partial charge is 0.464 e. The van der Waals surface area contributed by atoms with Gasteiger partial charge in [0.15, 0.2) is 5.69 Å². The van der Waals surface area contributed by atoms with Crippen LogP contribution >= 0.6 is 46.4 Å². The molecule has 3 nitrogen and oxygen atoms in total. The summed E-state index contributed by atoms with van der Waals surface area (Å²) in [6.07, 6.45) is 0. The number of carbonyl (C=O) groups is 1. The van der Waals surface area contributed by atoms with Crippen LogP contribution in [0.15, 0.2) is 24.3 Å². The Kier molecular flexibility index (Phi) is 4.76. The van der Waals surface area contributed by atoms with Crippen LogP contribution in [0.25, 0.3) is 11.3 Å². The summed E-state index contributed by atoms with van der Waals surface area (Å²) in [6, 6.07) is 6.27. The summed E-state index contributed by atoms with van der Waals surface area (Å²) in [7, 11) is 1.25. The van der Waals surface area contributed by atoms with Gasteiger partial charge >= 0.3 is 5.97 Å². The molecule has 0 N–H and O–H groups in total. The highest BCUT2D eigenvalue weighted by Crippen LogP contribution is 2.36. The van der Waals surface area contributed by atoms with Crippen LogP contribution in [0.1, 0.15) is 10.5 Å². The van der Waals surface area contributed by atoms with Gasteiger partial charge in [0.2, 0.25) is 0 Å². The van der Waals surface area contributed by atoms with E-state index < -0.39 is 5.97 Å². The van der Waals surface area contributed by atoms with E-state index in [1.54, 1.807) is 12.1 Å². The van der Waals surface area contributed by atoms with Crippen molar-refractivity contribution >= 4 is 52.4 Å². The Hall–Kier alpha value is -1.000. The molecule has 1 aromatic carbocycles. The molecule has 0 aliphatic carbocycles. The van der Waals surface area contributed by atoms with Gasteiger partial charge in [-0.15, -0.1) is 0 Å². The van der Waals surface area contributed by atoms with Gasteiger partial charge in [-0.3, -0.25) is 0 Å². The molecule has 0 radical (unpaired) electrons. The number of hydrogen-bond acceptors (Lipinski definition) is 3. The molecule has 0 spiro atoms. The Bertz CT molecular complexity index is 688. The molecule has 7 heteroatoms. The lowest BCUT2D eigenvalue weighted by Gasteiger charge is -2.08. The van der Waals surface area contributed by atoms with Crippen molar-refractivity contribution in [3.05, 3.63) is 50.0 Å². The van der Waals surface area contributed by atoms with Crippen molar-refractivity contribution in [1.29, 1.82) is 0 Å². The number of aromatic nitrogens is 1. The molecule has 2 aromatic rings. The number of ether oxygens (including phenoxy) is 1. The van der Waals surface area contributed by atoms with E-state index in [4.69, 9.17) is 46.4 Å². The number of rotatable bonds is 2. The maximum Gasteiger partial charge on any atom is 0.358 e. The second-order valence-corrected chi connectivity index (χ2v) is 5.40. The normalized spacial score (nSPS) is 10.4. The first-order valence-corrected chi connectivity index (χ1v) is 6.85. The molecule has 0 aliphatic rings. The van der Waals surface area contributed by atoms with Crippen LogP contribution in [0.2, 0.25) is 20.1 Å². The molecule has 1 aromatic heterocycles. The van der Waals surface area contributed by atoms with Gasteiger partial charge in [-0.05, 0) is 24.3 Å². The highest BCUT2D eigenvalue weighted by atomic mass is 35.5. The van der Waals surface area contributed by atoms with Gasteiger partial charge in [-0.25, -0.2) is 9.78 Å². The van der Waals surface area contributed by atoms with E-state index in [1.165, 1.54) is 19.2 Å². The second-order valence-electron chi connectivity index (χ2n) is 3.77. The highest BCUT2D eigenvalue weighted by Gasteiger charge is 2.16. The van der Waals surface area contributed by atoms with Gasteiger partial charge in [0, 0.05) is 10.6 Å². The van der Waals surface area contributed by atoms with Crippen molar-refractivity contribution in [3.8, 4) is 11.3 Å². The van der Waals surface area contributed by atoms with Crippen LogP contribution in [0.5, 0.6) is 0 Å². The van der Waals surface area contributed by atoms with E-state index in [1.807, 2.05) is 0 Å². The van der Waals surface area contributed by atoms with Crippen molar-refractivity contribution in [1.82, 2.24) is 4.98 Å². The predicted molar refractivity (Wildman–Crippen MR) is 81.1 cm³/mol. The molecule has 0 amide bonds. The third kappa shape index (κ3) is 3.01. The number of benzene rings is 1. The SMILES string of the molecule is COC(=O)c1nc(-c2cc(Cl)cc(Cl)c2Cl)ccc1Cl. The summed E-state index contributed by atoms with van der Waals surface area (Å²) in [6.45, 7) is 0. The fourth-order valence-corrected chi connectivity index (χ4v) is 2.46. The quantitative estimate of drug-likeness (QED) is 0.555. The number of hydrogen-bond donors (Lipinski definition) is 0. The number of pyridine rings is 1. The first-order valence-electron chi connectivity index (χ1n) is 5.34. The smallest absolute Gasteiger partial charge is 0.358 e. The summed E-state index contributed by atoms with van der Waals surface area (Å²) in [5.41, 5.74) is 0.925. The predicted octanol–water partition coefficient (Wildman–Crippen LogP) is 5.15. The molecule has 2 rings (SSSR count). The number of methoxy groups -OCH3 is 1. The minimum absolute atomic E-state index is 0.00108. The fraction of sp³-hybridized carbons (Fsp3) is 0.0769. The molecule has 0 saturated heterocycles. The van der Waals surface area contributed by atoms with Crippen LogP contribution in [0.3, 0.4) is 0 Å². The molecule has 0 fully saturated rings. The van der Waals surface area contributed by atoms with Crippen LogP contribution in [-0.2, 0) is 4.74 Å². The lowest BCUT2D eigenvalue weighted by Crippen LogP contribution is -2.06. The fourth-order valence-electron chi connectivity index (χ4n) is 1.57. The lowest BCUT2D eigenvalue weighted by molar-refractivity contribution is 0.0594. The number of halogens is 4. The number of carbonyl (C=O) groups excluding carboxylic acids is 1. The topological polar surface area (TPSA) is 39.2 Å². The van der Waals surface area contributed by atoms with Crippen LogP contribution in [0.4, 0.5) is 0 Å². The molecule has 0 unspecified atom stereocenters. The van der Waals surface area contributed by atoms with E-state index in [9.17, 15) is 4.79 Å². The van der Waals surface area contributed by atoms with Gasteiger partial charge in [0.1, 0.15) is 0 Å². The highest BCUT2D eigenvalue weighted by molar-refractivity contribution is 6.45. The molecule has 0 saturated carbocycles. The Balaban J connectivity index is 2.62. The van der Waals surface area contributed by atoms with Gasteiger partial charge in [-0.2, -0.15) is 0 Å². The Morgan fingerprint density at radius 2 is 1.80 bits per heavy atom. The summed E-state index contributed by atoms with van der Waals surface area (Å²) >= 11 is 23.9. The van der Waals surface area contributed by atoms with Crippen molar-refractivity contribution in [2.45, 2.75) is 0 Å². The van der Waals surface area contributed by atoms with E-state index in [2.05, 4.69) is 9.72 Å².